The summed E-state index contributed by atoms with van der Waals surface area (Å²) < 4.78 is 12.3. The zero-order valence-electron chi connectivity index (χ0n) is 12.5. The quantitative estimate of drug-likeness (QED) is 0.626. The van der Waals surface area contributed by atoms with Gasteiger partial charge in [-0.15, -0.1) is 0 Å². The Hall–Kier alpha value is -1.23. The molecular formula is C16H23N2O2+. The van der Waals surface area contributed by atoms with Crippen LogP contribution in [0.5, 0.6) is 0 Å². The van der Waals surface area contributed by atoms with E-state index in [-0.39, 0.29) is 6.04 Å². The van der Waals surface area contributed by atoms with Crippen LogP contribution >= 0.6 is 0 Å². The van der Waals surface area contributed by atoms with Gasteiger partial charge in [-0.1, -0.05) is 30.3 Å². The molecule has 2 unspecified atom stereocenters. The highest BCUT2D eigenvalue weighted by molar-refractivity contribution is 5.85. The lowest BCUT2D eigenvalue weighted by Crippen LogP contribution is -2.62. The van der Waals surface area contributed by atoms with E-state index in [9.17, 15) is 0 Å². The van der Waals surface area contributed by atoms with E-state index >= 15 is 0 Å². The predicted octanol–water partition coefficient (Wildman–Crippen LogP) is 2.37. The Balaban J connectivity index is 2.00. The van der Waals surface area contributed by atoms with Crippen molar-refractivity contribution in [2.45, 2.75) is 24.7 Å². The molecule has 2 aliphatic rings. The summed E-state index contributed by atoms with van der Waals surface area (Å²) in [5.41, 5.74) is 1.27. The fourth-order valence-electron chi connectivity index (χ4n) is 3.60. The number of methoxy groups -OCH3 is 2. The van der Waals surface area contributed by atoms with Gasteiger partial charge in [0.25, 0.3) is 11.6 Å². The molecule has 4 heteroatoms. The number of hydrogen-bond acceptors (Lipinski definition) is 3. The second-order valence-corrected chi connectivity index (χ2v) is 5.95. The fourth-order valence-corrected chi connectivity index (χ4v) is 3.60. The lowest BCUT2D eigenvalue weighted by atomic mass is 10.0. The molecule has 0 saturated carbocycles. The highest BCUT2D eigenvalue weighted by Gasteiger charge is 2.56. The number of amidine groups is 1. The van der Waals surface area contributed by atoms with E-state index in [1.54, 1.807) is 14.2 Å². The van der Waals surface area contributed by atoms with Crippen LogP contribution in [0.1, 0.15) is 24.4 Å². The second kappa shape index (κ2) is 4.95. The van der Waals surface area contributed by atoms with Crippen molar-refractivity contribution in [1.82, 2.24) is 0 Å². The average molecular weight is 275 g/mol. The number of aliphatic imine (C=N–C) groups is 1. The van der Waals surface area contributed by atoms with Gasteiger partial charge in [0, 0.05) is 27.1 Å². The van der Waals surface area contributed by atoms with Gasteiger partial charge in [0.15, 0.2) is 0 Å². The van der Waals surface area contributed by atoms with Crippen molar-refractivity contribution in [3.05, 3.63) is 35.9 Å². The van der Waals surface area contributed by atoms with Gasteiger partial charge in [-0.3, -0.25) is 4.48 Å². The number of likely N-dealkylation sites (N-methyl/N-ethyl adjacent to an activating group) is 1. The second-order valence-electron chi connectivity index (χ2n) is 5.95. The summed E-state index contributed by atoms with van der Waals surface area (Å²) in [5.74, 6) is 0.402. The minimum absolute atomic E-state index is 0.207. The SMILES string of the molecule is COC1(OC)CCC[N+]2(C)CC(c3ccccc3)N=C12. The number of hydrogen-bond donors (Lipinski definition) is 0. The molecule has 1 aromatic rings. The Kier molecular flexibility index (Phi) is 3.40. The number of quaternary nitrogens is 1. The molecule has 0 radical (unpaired) electrons. The molecule has 3 rings (SSSR count). The first-order valence-electron chi connectivity index (χ1n) is 7.22. The summed E-state index contributed by atoms with van der Waals surface area (Å²) in [4.78, 5) is 4.99. The van der Waals surface area contributed by atoms with Gasteiger partial charge in [-0.2, -0.15) is 0 Å². The Morgan fingerprint density at radius 3 is 2.55 bits per heavy atom. The summed E-state index contributed by atoms with van der Waals surface area (Å²) >= 11 is 0. The van der Waals surface area contributed by atoms with Crippen molar-refractivity contribution in [3.63, 3.8) is 0 Å². The van der Waals surface area contributed by atoms with E-state index in [4.69, 9.17) is 14.5 Å². The van der Waals surface area contributed by atoms with E-state index in [0.717, 1.165) is 36.2 Å². The third-order valence-corrected chi connectivity index (χ3v) is 4.71. The summed E-state index contributed by atoms with van der Waals surface area (Å²) in [5, 5.41) is 0. The molecule has 2 atom stereocenters. The maximum Gasteiger partial charge on any atom is 0.264 e. The monoisotopic (exact) mass is 275 g/mol. The van der Waals surface area contributed by atoms with Crippen molar-refractivity contribution in [3.8, 4) is 0 Å². The summed E-state index contributed by atoms with van der Waals surface area (Å²) in [7, 11) is 5.68. The fraction of sp³-hybridized carbons (Fsp3) is 0.562. The maximum absolute atomic E-state index is 5.72. The van der Waals surface area contributed by atoms with Crippen LogP contribution in [0.3, 0.4) is 0 Å². The number of benzene rings is 1. The van der Waals surface area contributed by atoms with Gasteiger partial charge in [0.05, 0.1) is 13.6 Å². The van der Waals surface area contributed by atoms with Crippen molar-refractivity contribution in [2.24, 2.45) is 4.99 Å². The third kappa shape index (κ3) is 1.99. The van der Waals surface area contributed by atoms with Crippen LogP contribution < -0.4 is 0 Å². The molecule has 0 spiro atoms. The lowest BCUT2D eigenvalue weighted by molar-refractivity contribution is -0.826. The zero-order valence-corrected chi connectivity index (χ0v) is 12.5. The molecule has 108 valence electrons. The Bertz CT molecular complexity index is 510. The first-order valence-corrected chi connectivity index (χ1v) is 7.22. The van der Waals surface area contributed by atoms with Gasteiger partial charge in [0.2, 0.25) is 0 Å². The molecule has 2 heterocycles. The van der Waals surface area contributed by atoms with Crippen LogP contribution in [0.25, 0.3) is 0 Å². The van der Waals surface area contributed by atoms with Crippen molar-refractivity contribution >= 4 is 5.84 Å². The van der Waals surface area contributed by atoms with Gasteiger partial charge >= 0.3 is 0 Å². The topological polar surface area (TPSA) is 30.8 Å². The van der Waals surface area contributed by atoms with Gasteiger partial charge in [-0.25, -0.2) is 4.99 Å². The van der Waals surface area contributed by atoms with Crippen molar-refractivity contribution < 1.29 is 14.0 Å². The van der Waals surface area contributed by atoms with E-state index in [1.807, 2.05) is 6.07 Å². The van der Waals surface area contributed by atoms with Crippen molar-refractivity contribution in [2.75, 3.05) is 34.4 Å². The highest BCUT2D eigenvalue weighted by Crippen LogP contribution is 2.39. The molecule has 20 heavy (non-hydrogen) atoms. The standard InChI is InChI=1S/C16H23N2O2/c1-18-11-7-10-16(19-2,20-3)15(18)17-14(12-18)13-8-5-4-6-9-13/h4-6,8-9,14H,7,10-12H2,1-3H3/q+1. The molecule has 1 aromatic carbocycles. The predicted molar refractivity (Wildman–Crippen MR) is 78.5 cm³/mol. The number of rotatable bonds is 3. The largest absolute Gasteiger partial charge is 0.344 e. The molecule has 4 nitrogen and oxygen atoms in total. The number of fused-ring (bicyclic) bond motifs is 1. The van der Waals surface area contributed by atoms with Crippen LogP contribution in [0.15, 0.2) is 35.3 Å². The average Bonchev–Trinajstić information content (AvgIpc) is 2.86. The molecule has 0 aliphatic carbocycles. The molecular weight excluding hydrogens is 252 g/mol. The van der Waals surface area contributed by atoms with Gasteiger partial charge in [0.1, 0.15) is 12.6 Å². The zero-order chi connectivity index (χ0) is 14.2. The van der Waals surface area contributed by atoms with E-state index in [1.165, 1.54) is 5.56 Å². The molecule has 1 saturated heterocycles. The van der Waals surface area contributed by atoms with E-state index < -0.39 is 5.79 Å². The Morgan fingerprint density at radius 1 is 1.20 bits per heavy atom. The first-order chi connectivity index (χ1) is 9.63. The Morgan fingerprint density at radius 2 is 1.90 bits per heavy atom. The molecule has 2 aliphatic heterocycles. The van der Waals surface area contributed by atoms with Crippen LogP contribution in [-0.4, -0.2) is 50.5 Å². The van der Waals surface area contributed by atoms with E-state index in [2.05, 4.69) is 31.3 Å². The molecule has 1 fully saturated rings. The number of nitrogens with zero attached hydrogens (tertiary/aromatic N) is 2. The third-order valence-electron chi connectivity index (χ3n) is 4.71. The van der Waals surface area contributed by atoms with Crippen molar-refractivity contribution in [1.29, 1.82) is 0 Å². The van der Waals surface area contributed by atoms with Crippen LogP contribution in [0, 0.1) is 0 Å². The molecule has 0 N–H and O–H groups in total. The maximum atomic E-state index is 5.72. The molecule has 0 aromatic heterocycles. The lowest BCUT2D eigenvalue weighted by Gasteiger charge is -2.43. The number of ether oxygens (including phenoxy) is 2. The molecule has 0 amide bonds. The summed E-state index contributed by atoms with van der Waals surface area (Å²) in [6, 6.07) is 10.7. The summed E-state index contributed by atoms with van der Waals surface area (Å²) in [6.07, 6.45) is 1.98. The smallest absolute Gasteiger partial charge is 0.264 e. The normalized spacial score (nSPS) is 31.8. The number of piperidine rings is 1. The minimum Gasteiger partial charge on any atom is -0.344 e. The van der Waals surface area contributed by atoms with Gasteiger partial charge < -0.3 is 9.47 Å². The van der Waals surface area contributed by atoms with Crippen LogP contribution in [0.4, 0.5) is 0 Å². The van der Waals surface area contributed by atoms with E-state index in [0.29, 0.717) is 0 Å². The van der Waals surface area contributed by atoms with Gasteiger partial charge in [-0.05, 0) is 5.56 Å². The molecule has 0 bridgehead atoms. The Labute approximate surface area is 120 Å². The summed E-state index contributed by atoms with van der Waals surface area (Å²) in [6.45, 7) is 2.10. The minimum atomic E-state index is -0.642. The van der Waals surface area contributed by atoms with Crippen LogP contribution in [0.2, 0.25) is 0 Å². The first kappa shape index (κ1) is 13.7. The van der Waals surface area contributed by atoms with Crippen LogP contribution in [-0.2, 0) is 9.47 Å². The highest BCUT2D eigenvalue weighted by atomic mass is 16.7.